The van der Waals surface area contributed by atoms with Crippen LogP contribution in [0.4, 0.5) is 14.5 Å². The number of anilines is 1. The maximum atomic E-state index is 14.4. The number of carbonyl (C=O) groups is 1. The zero-order valence-corrected chi connectivity index (χ0v) is 19.5. The summed E-state index contributed by atoms with van der Waals surface area (Å²) in [6.07, 6.45) is 0.676. The number of sulfonamides is 1. The van der Waals surface area contributed by atoms with Gasteiger partial charge in [0.05, 0.1) is 5.69 Å². The van der Waals surface area contributed by atoms with Gasteiger partial charge in [-0.05, 0) is 53.4 Å². The van der Waals surface area contributed by atoms with Crippen molar-refractivity contribution in [2.24, 2.45) is 0 Å². The summed E-state index contributed by atoms with van der Waals surface area (Å²) < 4.78 is 54.1. The van der Waals surface area contributed by atoms with Gasteiger partial charge in [0.15, 0.2) is 0 Å². The van der Waals surface area contributed by atoms with Gasteiger partial charge in [-0.2, -0.15) is 11.8 Å². The first-order valence-electron chi connectivity index (χ1n) is 9.77. The van der Waals surface area contributed by atoms with E-state index in [0.29, 0.717) is 13.0 Å². The molecule has 3 aromatic rings. The van der Waals surface area contributed by atoms with Crippen molar-refractivity contribution in [2.75, 3.05) is 23.1 Å². The van der Waals surface area contributed by atoms with Crippen LogP contribution in [0.3, 0.4) is 0 Å². The molecular formula is C22H22F2N2O3S3. The highest BCUT2D eigenvalue weighted by molar-refractivity contribution is 7.98. The van der Waals surface area contributed by atoms with Crippen LogP contribution in [-0.2, 0) is 20.6 Å². The molecule has 0 saturated heterocycles. The third kappa shape index (κ3) is 6.54. The second kappa shape index (κ2) is 11.4. The van der Waals surface area contributed by atoms with Gasteiger partial charge < -0.3 is 5.32 Å². The van der Waals surface area contributed by atoms with E-state index in [-0.39, 0.29) is 15.7 Å². The maximum Gasteiger partial charge on any atom is 0.274 e. The Balaban J connectivity index is 1.54. The standard InChI is InChI=1S/C22H22F2N2O3S3/c23-18-10-8-17(9-11-18)16-30-13-4-12-25-21(27)15-26(20-6-2-1-5-19(20)24)32(28,29)22-7-3-14-31-22/h1-3,5-11,14H,4,12-13,15-16H2,(H,25,27). The van der Waals surface area contributed by atoms with Crippen molar-refractivity contribution in [3.8, 4) is 0 Å². The lowest BCUT2D eigenvalue weighted by molar-refractivity contribution is -0.119. The van der Waals surface area contributed by atoms with Gasteiger partial charge in [0, 0.05) is 12.3 Å². The smallest absolute Gasteiger partial charge is 0.274 e. The second-order valence-electron chi connectivity index (χ2n) is 6.78. The van der Waals surface area contributed by atoms with Crippen molar-refractivity contribution < 1.29 is 22.0 Å². The van der Waals surface area contributed by atoms with Gasteiger partial charge in [0.25, 0.3) is 10.0 Å². The van der Waals surface area contributed by atoms with Crippen molar-refractivity contribution >= 4 is 44.7 Å². The van der Waals surface area contributed by atoms with Gasteiger partial charge in [0.1, 0.15) is 22.4 Å². The van der Waals surface area contributed by atoms with Crippen LogP contribution in [0.2, 0.25) is 0 Å². The van der Waals surface area contributed by atoms with Crippen molar-refractivity contribution in [1.82, 2.24) is 5.32 Å². The van der Waals surface area contributed by atoms with Crippen LogP contribution < -0.4 is 9.62 Å². The molecule has 1 amide bonds. The molecule has 0 saturated carbocycles. The summed E-state index contributed by atoms with van der Waals surface area (Å²) in [6.45, 7) is -0.163. The van der Waals surface area contributed by atoms with Crippen molar-refractivity contribution in [3.05, 3.63) is 83.2 Å². The Morgan fingerprint density at radius 2 is 1.78 bits per heavy atom. The highest BCUT2D eigenvalue weighted by Gasteiger charge is 2.29. The summed E-state index contributed by atoms with van der Waals surface area (Å²) >= 11 is 2.66. The van der Waals surface area contributed by atoms with Crippen LogP contribution in [0.15, 0.2) is 70.3 Å². The normalized spacial score (nSPS) is 11.3. The molecule has 32 heavy (non-hydrogen) atoms. The predicted molar refractivity (Wildman–Crippen MR) is 125 cm³/mol. The first kappa shape index (κ1) is 24.2. The number of amides is 1. The molecule has 170 valence electrons. The number of para-hydroxylation sites is 1. The van der Waals surface area contributed by atoms with Crippen LogP contribution in [0.5, 0.6) is 0 Å². The van der Waals surface area contributed by atoms with Gasteiger partial charge in [0.2, 0.25) is 5.91 Å². The third-order valence-electron chi connectivity index (χ3n) is 4.42. The van der Waals surface area contributed by atoms with E-state index in [0.717, 1.165) is 38.8 Å². The van der Waals surface area contributed by atoms with E-state index in [2.05, 4.69) is 5.32 Å². The average molecular weight is 497 g/mol. The Morgan fingerprint density at radius 1 is 1.03 bits per heavy atom. The fourth-order valence-electron chi connectivity index (χ4n) is 2.83. The lowest BCUT2D eigenvalue weighted by Gasteiger charge is -2.23. The summed E-state index contributed by atoms with van der Waals surface area (Å²) in [4.78, 5) is 12.5. The summed E-state index contributed by atoms with van der Waals surface area (Å²) in [5.74, 6) is -0.0159. The van der Waals surface area contributed by atoms with E-state index < -0.39 is 28.3 Å². The number of nitrogens with zero attached hydrogens (tertiary/aromatic N) is 1. The van der Waals surface area contributed by atoms with Crippen LogP contribution in [0, 0.1) is 11.6 Å². The highest BCUT2D eigenvalue weighted by Crippen LogP contribution is 2.28. The van der Waals surface area contributed by atoms with Crippen molar-refractivity contribution in [1.29, 1.82) is 0 Å². The molecule has 0 radical (unpaired) electrons. The molecule has 0 bridgehead atoms. The van der Waals surface area contributed by atoms with E-state index in [1.165, 1.54) is 36.4 Å². The minimum Gasteiger partial charge on any atom is -0.354 e. The molecular weight excluding hydrogens is 474 g/mol. The zero-order valence-electron chi connectivity index (χ0n) is 17.0. The molecule has 0 aliphatic heterocycles. The van der Waals surface area contributed by atoms with E-state index in [9.17, 15) is 22.0 Å². The molecule has 0 unspecified atom stereocenters. The van der Waals surface area contributed by atoms with E-state index >= 15 is 0 Å². The topological polar surface area (TPSA) is 66.5 Å². The number of hydrogen-bond acceptors (Lipinski definition) is 5. The summed E-state index contributed by atoms with van der Waals surface area (Å²) in [6, 6.07) is 14.8. The second-order valence-corrected chi connectivity index (χ2v) is 10.9. The molecule has 10 heteroatoms. The minimum absolute atomic E-state index is 0.0331. The van der Waals surface area contributed by atoms with Crippen LogP contribution in [0.25, 0.3) is 0 Å². The molecule has 1 N–H and O–H groups in total. The first-order chi connectivity index (χ1) is 15.4. The largest absolute Gasteiger partial charge is 0.354 e. The van der Waals surface area contributed by atoms with E-state index in [1.807, 2.05) is 0 Å². The lowest BCUT2D eigenvalue weighted by atomic mass is 10.2. The quantitative estimate of drug-likeness (QED) is 0.392. The number of hydrogen-bond donors (Lipinski definition) is 1. The van der Waals surface area contributed by atoms with Gasteiger partial charge >= 0.3 is 0 Å². The Kier molecular flexibility index (Phi) is 8.66. The number of carbonyl (C=O) groups excluding carboxylic acids is 1. The Bertz CT molecular complexity index is 1120. The third-order valence-corrected chi connectivity index (χ3v) is 8.66. The number of rotatable bonds is 11. The highest BCUT2D eigenvalue weighted by atomic mass is 32.2. The minimum atomic E-state index is -4.08. The molecule has 2 aromatic carbocycles. The number of nitrogens with one attached hydrogen (secondary N) is 1. The molecule has 0 aliphatic carbocycles. The van der Waals surface area contributed by atoms with Crippen molar-refractivity contribution in [2.45, 2.75) is 16.4 Å². The van der Waals surface area contributed by atoms with Gasteiger partial charge in [-0.15, -0.1) is 11.3 Å². The molecule has 5 nitrogen and oxygen atoms in total. The van der Waals surface area contributed by atoms with Crippen molar-refractivity contribution in [3.63, 3.8) is 0 Å². The summed E-state index contributed by atoms with van der Waals surface area (Å²) in [5, 5.41) is 4.31. The fourth-order valence-corrected chi connectivity index (χ4v) is 6.29. The number of halogens is 2. The van der Waals surface area contributed by atoms with Crippen LogP contribution in [-0.4, -0.2) is 33.2 Å². The molecule has 0 fully saturated rings. The number of benzene rings is 2. The van der Waals surface area contributed by atoms with E-state index in [1.54, 1.807) is 35.3 Å². The summed E-state index contributed by atoms with van der Waals surface area (Å²) in [7, 11) is -4.08. The SMILES string of the molecule is O=C(CN(c1ccccc1F)S(=O)(=O)c1cccs1)NCCCSCc1ccc(F)cc1. The van der Waals surface area contributed by atoms with Gasteiger partial charge in [-0.25, -0.2) is 17.2 Å². The first-order valence-corrected chi connectivity index (χ1v) is 13.2. The molecule has 0 spiro atoms. The Morgan fingerprint density at radius 3 is 2.47 bits per heavy atom. The average Bonchev–Trinajstić information content (AvgIpc) is 3.32. The van der Waals surface area contributed by atoms with Gasteiger partial charge in [-0.1, -0.05) is 30.3 Å². The van der Waals surface area contributed by atoms with Crippen LogP contribution >= 0.6 is 23.1 Å². The molecule has 1 heterocycles. The zero-order chi connectivity index (χ0) is 23.0. The number of thioether (sulfide) groups is 1. The molecule has 3 rings (SSSR count). The predicted octanol–water partition coefficient (Wildman–Crippen LogP) is 4.66. The van der Waals surface area contributed by atoms with Crippen LogP contribution in [0.1, 0.15) is 12.0 Å². The maximum absolute atomic E-state index is 14.4. The molecule has 0 atom stereocenters. The Labute approximate surface area is 194 Å². The molecule has 0 aliphatic rings. The number of thiophene rings is 1. The summed E-state index contributed by atoms with van der Waals surface area (Å²) in [5.41, 5.74) is 0.839. The molecule has 1 aromatic heterocycles. The Hall–Kier alpha value is -2.43. The monoisotopic (exact) mass is 496 g/mol. The lowest BCUT2D eigenvalue weighted by Crippen LogP contribution is -2.41. The fraction of sp³-hybridized carbons (Fsp3) is 0.227. The van der Waals surface area contributed by atoms with E-state index in [4.69, 9.17) is 0 Å². The van der Waals surface area contributed by atoms with Gasteiger partial charge in [-0.3, -0.25) is 9.10 Å².